The summed E-state index contributed by atoms with van der Waals surface area (Å²) in [6, 6.07) is 6.34. The maximum Gasteiger partial charge on any atom is 0.251 e. The van der Waals surface area contributed by atoms with E-state index in [0.717, 1.165) is 44.9 Å². The number of phenolic OH excluding ortho intramolecular Hbond substituents is 1. The molecule has 1 aromatic rings. The third-order valence-electron chi connectivity index (χ3n) is 4.05. The normalized spacial score (nSPS) is 11.4. The Balaban J connectivity index is 2.31. The molecular weight excluding hydrogens is 316 g/mol. The van der Waals surface area contributed by atoms with Crippen LogP contribution in [0.3, 0.4) is 0 Å². The lowest BCUT2D eigenvalue weighted by molar-refractivity contribution is 0.0953. The Morgan fingerprint density at radius 2 is 1.84 bits per heavy atom. The van der Waals surface area contributed by atoms with E-state index in [1.807, 2.05) is 6.92 Å². The summed E-state index contributed by atoms with van der Waals surface area (Å²) in [5.41, 5.74) is 0.466. The second-order valence-electron chi connectivity index (χ2n) is 5.99. The minimum absolute atomic E-state index is 0.0956. The SMILES string of the molecule is CCNC(=NCC(CC)CC)NCCCNC(=O)c1cccc(O)c1. The van der Waals surface area contributed by atoms with Crippen molar-refractivity contribution in [1.29, 1.82) is 0 Å². The van der Waals surface area contributed by atoms with Crippen molar-refractivity contribution in [3.63, 3.8) is 0 Å². The Morgan fingerprint density at radius 3 is 2.48 bits per heavy atom. The Bertz CT molecular complexity index is 542. The van der Waals surface area contributed by atoms with Gasteiger partial charge in [0.05, 0.1) is 0 Å². The van der Waals surface area contributed by atoms with E-state index >= 15 is 0 Å². The van der Waals surface area contributed by atoms with Gasteiger partial charge in [0.2, 0.25) is 0 Å². The third-order valence-corrected chi connectivity index (χ3v) is 4.05. The number of phenols is 1. The van der Waals surface area contributed by atoms with Crippen LogP contribution in [0.4, 0.5) is 0 Å². The monoisotopic (exact) mass is 348 g/mol. The van der Waals surface area contributed by atoms with Crippen molar-refractivity contribution in [3.8, 4) is 5.75 Å². The number of benzene rings is 1. The van der Waals surface area contributed by atoms with Gasteiger partial charge in [-0.2, -0.15) is 0 Å². The molecule has 0 spiro atoms. The maximum absolute atomic E-state index is 12.0. The van der Waals surface area contributed by atoms with E-state index in [-0.39, 0.29) is 11.7 Å². The minimum atomic E-state index is -0.176. The zero-order chi connectivity index (χ0) is 18.5. The first-order valence-electron chi connectivity index (χ1n) is 9.20. The van der Waals surface area contributed by atoms with Crippen LogP contribution >= 0.6 is 0 Å². The van der Waals surface area contributed by atoms with Gasteiger partial charge in [-0.3, -0.25) is 9.79 Å². The lowest BCUT2D eigenvalue weighted by Gasteiger charge is -2.14. The van der Waals surface area contributed by atoms with Crippen molar-refractivity contribution < 1.29 is 9.90 Å². The van der Waals surface area contributed by atoms with Gasteiger partial charge in [0.1, 0.15) is 5.75 Å². The first-order chi connectivity index (χ1) is 12.1. The fraction of sp³-hybridized carbons (Fsp3) is 0.579. The molecule has 0 saturated heterocycles. The zero-order valence-electron chi connectivity index (χ0n) is 15.6. The van der Waals surface area contributed by atoms with E-state index in [1.54, 1.807) is 18.2 Å². The molecule has 0 bridgehead atoms. The molecule has 0 atom stereocenters. The summed E-state index contributed by atoms with van der Waals surface area (Å²) >= 11 is 0. The van der Waals surface area contributed by atoms with Gasteiger partial charge in [-0.25, -0.2) is 0 Å². The van der Waals surface area contributed by atoms with Crippen molar-refractivity contribution in [2.75, 3.05) is 26.2 Å². The standard InChI is InChI=1S/C19H32N4O2/c1-4-15(5-2)14-23-19(20-6-3)22-12-8-11-21-18(25)16-9-7-10-17(24)13-16/h7,9-10,13,15,24H,4-6,8,11-12,14H2,1-3H3,(H,21,25)(H2,20,22,23). The van der Waals surface area contributed by atoms with Crippen LogP contribution in [0.2, 0.25) is 0 Å². The first-order valence-corrected chi connectivity index (χ1v) is 9.20. The summed E-state index contributed by atoms with van der Waals surface area (Å²) in [6.07, 6.45) is 3.07. The second-order valence-corrected chi connectivity index (χ2v) is 5.99. The number of guanidine groups is 1. The Labute approximate surface area is 151 Å². The third kappa shape index (κ3) is 8.42. The molecule has 25 heavy (non-hydrogen) atoms. The largest absolute Gasteiger partial charge is 0.508 e. The van der Waals surface area contributed by atoms with Gasteiger partial charge in [-0.15, -0.1) is 0 Å². The number of carbonyl (C=O) groups excluding carboxylic acids is 1. The van der Waals surface area contributed by atoms with Crippen molar-refractivity contribution in [2.24, 2.45) is 10.9 Å². The van der Waals surface area contributed by atoms with Gasteiger partial charge in [-0.1, -0.05) is 32.8 Å². The van der Waals surface area contributed by atoms with Crippen molar-refractivity contribution in [2.45, 2.75) is 40.0 Å². The smallest absolute Gasteiger partial charge is 0.251 e. The van der Waals surface area contributed by atoms with Gasteiger partial charge in [0.15, 0.2) is 5.96 Å². The van der Waals surface area contributed by atoms with Gasteiger partial charge in [0, 0.05) is 31.7 Å². The van der Waals surface area contributed by atoms with Gasteiger partial charge < -0.3 is 21.1 Å². The van der Waals surface area contributed by atoms with E-state index in [0.29, 0.717) is 18.0 Å². The van der Waals surface area contributed by atoms with Crippen LogP contribution in [-0.4, -0.2) is 43.2 Å². The minimum Gasteiger partial charge on any atom is -0.508 e. The van der Waals surface area contributed by atoms with E-state index < -0.39 is 0 Å². The number of nitrogens with one attached hydrogen (secondary N) is 3. The zero-order valence-corrected chi connectivity index (χ0v) is 15.6. The first kappa shape index (κ1) is 20.8. The number of aromatic hydroxyl groups is 1. The lowest BCUT2D eigenvalue weighted by Crippen LogP contribution is -2.39. The van der Waals surface area contributed by atoms with Gasteiger partial charge in [-0.05, 0) is 37.5 Å². The van der Waals surface area contributed by atoms with Crippen molar-refractivity contribution >= 4 is 11.9 Å². The second kappa shape index (κ2) is 12.2. The molecule has 6 heteroatoms. The highest BCUT2D eigenvalue weighted by Gasteiger charge is 2.06. The molecule has 1 aromatic carbocycles. The van der Waals surface area contributed by atoms with Crippen molar-refractivity contribution in [3.05, 3.63) is 29.8 Å². The Hall–Kier alpha value is -2.24. The molecule has 0 heterocycles. The molecule has 0 saturated carbocycles. The van der Waals surface area contributed by atoms with Crippen LogP contribution in [0.1, 0.15) is 50.4 Å². The highest BCUT2D eigenvalue weighted by atomic mass is 16.3. The van der Waals surface area contributed by atoms with Gasteiger partial charge in [0.25, 0.3) is 5.91 Å². The molecule has 0 fully saturated rings. The van der Waals surface area contributed by atoms with Crippen molar-refractivity contribution in [1.82, 2.24) is 16.0 Å². The molecule has 0 aliphatic carbocycles. The number of aliphatic imine (C=N–C) groups is 1. The van der Waals surface area contributed by atoms with E-state index in [9.17, 15) is 9.90 Å². The van der Waals surface area contributed by atoms with Crippen LogP contribution in [0.15, 0.2) is 29.3 Å². The number of carbonyl (C=O) groups is 1. The summed E-state index contributed by atoms with van der Waals surface area (Å²) in [5, 5.41) is 18.8. The predicted octanol–water partition coefficient (Wildman–Crippen LogP) is 2.50. The summed E-state index contributed by atoms with van der Waals surface area (Å²) in [6.45, 7) is 9.38. The molecule has 0 aromatic heterocycles. The van der Waals surface area contributed by atoms with Crippen LogP contribution in [0.5, 0.6) is 5.75 Å². The highest BCUT2D eigenvalue weighted by Crippen LogP contribution is 2.10. The molecule has 0 unspecified atom stereocenters. The molecule has 4 N–H and O–H groups in total. The summed E-state index contributed by atoms with van der Waals surface area (Å²) in [7, 11) is 0. The van der Waals surface area contributed by atoms with Crippen LogP contribution in [-0.2, 0) is 0 Å². The Kier molecular flexibility index (Phi) is 10.1. The average molecular weight is 348 g/mol. The molecule has 6 nitrogen and oxygen atoms in total. The summed E-state index contributed by atoms with van der Waals surface area (Å²) in [5.74, 6) is 1.37. The predicted molar refractivity (Wildman–Crippen MR) is 103 cm³/mol. The van der Waals surface area contributed by atoms with E-state index in [2.05, 4.69) is 34.8 Å². The average Bonchev–Trinajstić information content (AvgIpc) is 2.61. The quantitative estimate of drug-likeness (QED) is 0.297. The molecule has 0 aliphatic rings. The summed E-state index contributed by atoms with van der Waals surface area (Å²) < 4.78 is 0. The number of nitrogens with zero attached hydrogens (tertiary/aromatic N) is 1. The molecular formula is C19H32N4O2. The molecule has 0 aliphatic heterocycles. The fourth-order valence-corrected chi connectivity index (χ4v) is 2.36. The molecule has 1 rings (SSSR count). The topological polar surface area (TPSA) is 85.8 Å². The fourth-order valence-electron chi connectivity index (χ4n) is 2.36. The van der Waals surface area contributed by atoms with Crippen LogP contribution < -0.4 is 16.0 Å². The highest BCUT2D eigenvalue weighted by molar-refractivity contribution is 5.94. The van der Waals surface area contributed by atoms with Gasteiger partial charge >= 0.3 is 0 Å². The van der Waals surface area contributed by atoms with Crippen LogP contribution in [0.25, 0.3) is 0 Å². The number of hydrogen-bond acceptors (Lipinski definition) is 3. The number of hydrogen-bond donors (Lipinski definition) is 4. The lowest BCUT2D eigenvalue weighted by atomic mass is 10.0. The van der Waals surface area contributed by atoms with E-state index in [4.69, 9.17) is 0 Å². The summed E-state index contributed by atoms with van der Waals surface area (Å²) in [4.78, 5) is 16.6. The Morgan fingerprint density at radius 1 is 1.12 bits per heavy atom. The number of rotatable bonds is 10. The maximum atomic E-state index is 12.0. The molecule has 1 amide bonds. The van der Waals surface area contributed by atoms with Crippen LogP contribution in [0, 0.1) is 5.92 Å². The molecule has 0 radical (unpaired) electrons. The number of amides is 1. The van der Waals surface area contributed by atoms with E-state index in [1.165, 1.54) is 6.07 Å². The molecule has 140 valence electrons.